The Morgan fingerprint density at radius 1 is 1.42 bits per heavy atom. The second-order valence-corrected chi connectivity index (χ2v) is 5.26. The molecule has 0 unspecified atom stereocenters. The summed E-state index contributed by atoms with van der Waals surface area (Å²) in [5.41, 5.74) is 2.93. The molecular weight excluding hydrogens is 266 g/mol. The van der Waals surface area contributed by atoms with Gasteiger partial charge in [0.15, 0.2) is 5.01 Å². The molecule has 1 aliphatic heterocycles. The van der Waals surface area contributed by atoms with E-state index in [9.17, 15) is 9.59 Å². The zero-order valence-electron chi connectivity index (χ0n) is 10.8. The number of carbonyl (C=O) groups is 2. The fraction of sp³-hybridized carbons (Fsp3) is 0.545. The van der Waals surface area contributed by atoms with Gasteiger partial charge in [-0.3, -0.25) is 19.9 Å². The molecule has 2 heterocycles. The van der Waals surface area contributed by atoms with E-state index in [0.717, 1.165) is 31.9 Å². The first-order valence-corrected chi connectivity index (χ1v) is 6.91. The number of amides is 2. The summed E-state index contributed by atoms with van der Waals surface area (Å²) in [6.07, 6.45) is 0. The number of aromatic nitrogens is 1. The first-order chi connectivity index (χ1) is 9.10. The molecule has 0 radical (unpaired) electrons. The molecule has 0 saturated carbocycles. The van der Waals surface area contributed by atoms with Gasteiger partial charge >= 0.3 is 0 Å². The Morgan fingerprint density at radius 2 is 2.11 bits per heavy atom. The fourth-order valence-electron chi connectivity index (χ4n) is 2.00. The number of thiazole rings is 1. The van der Waals surface area contributed by atoms with Crippen LogP contribution in [0.2, 0.25) is 0 Å². The number of piperazine rings is 1. The average molecular weight is 283 g/mol. The smallest absolute Gasteiger partial charge is 0.294 e. The summed E-state index contributed by atoms with van der Waals surface area (Å²) in [5, 5.41) is 2.24. The van der Waals surface area contributed by atoms with Crippen molar-refractivity contribution in [1.82, 2.24) is 20.2 Å². The first-order valence-electron chi connectivity index (χ1n) is 6.03. The Hall–Kier alpha value is -1.51. The minimum atomic E-state index is -0.363. The average Bonchev–Trinajstić information content (AvgIpc) is 2.87. The van der Waals surface area contributed by atoms with Crippen molar-refractivity contribution in [3.05, 3.63) is 16.1 Å². The van der Waals surface area contributed by atoms with Crippen LogP contribution >= 0.6 is 11.3 Å². The molecule has 0 bridgehead atoms. The zero-order valence-corrected chi connectivity index (χ0v) is 11.6. The molecule has 2 amide bonds. The summed E-state index contributed by atoms with van der Waals surface area (Å²) in [4.78, 5) is 30.8. The summed E-state index contributed by atoms with van der Waals surface area (Å²) in [5.74, 6) is 4.82. The number of rotatable bonds is 3. The minimum absolute atomic E-state index is 0.121. The molecule has 0 aromatic carbocycles. The Balaban J connectivity index is 1.87. The molecule has 19 heavy (non-hydrogen) atoms. The number of nitrogen functional groups attached to an aromatic ring is 1. The highest BCUT2D eigenvalue weighted by Gasteiger charge is 2.19. The quantitative estimate of drug-likeness (QED) is 0.439. The van der Waals surface area contributed by atoms with E-state index in [-0.39, 0.29) is 11.8 Å². The van der Waals surface area contributed by atoms with E-state index in [2.05, 4.69) is 15.3 Å². The predicted octanol–water partition coefficient (Wildman–Crippen LogP) is -0.589. The van der Waals surface area contributed by atoms with Gasteiger partial charge in [0.05, 0.1) is 5.69 Å². The van der Waals surface area contributed by atoms with Crippen molar-refractivity contribution in [3.8, 4) is 0 Å². The summed E-state index contributed by atoms with van der Waals surface area (Å²) in [6.45, 7) is 5.43. The van der Waals surface area contributed by atoms with Crippen LogP contribution in [0.25, 0.3) is 0 Å². The van der Waals surface area contributed by atoms with Crippen molar-refractivity contribution in [3.63, 3.8) is 0 Å². The monoisotopic (exact) mass is 283 g/mol. The fourth-order valence-corrected chi connectivity index (χ4v) is 2.71. The van der Waals surface area contributed by atoms with Crippen LogP contribution in [0.4, 0.5) is 0 Å². The van der Waals surface area contributed by atoms with E-state index in [1.165, 1.54) is 11.3 Å². The van der Waals surface area contributed by atoms with Gasteiger partial charge in [-0.25, -0.2) is 10.8 Å². The number of nitrogens with two attached hydrogens (primary N) is 1. The van der Waals surface area contributed by atoms with Gasteiger partial charge in [0, 0.05) is 45.0 Å². The standard InChI is InChI=1S/C11H17N5O2S/c1-8(17)16-4-2-15(3-5-16)6-9-7-19-11(13-9)10(18)14-12/h7H,2-6,12H2,1H3,(H,14,18). The van der Waals surface area contributed by atoms with Crippen molar-refractivity contribution < 1.29 is 9.59 Å². The third-order valence-electron chi connectivity index (χ3n) is 3.08. The van der Waals surface area contributed by atoms with E-state index < -0.39 is 0 Å². The van der Waals surface area contributed by atoms with Crippen LogP contribution < -0.4 is 11.3 Å². The van der Waals surface area contributed by atoms with Gasteiger partial charge in [-0.15, -0.1) is 11.3 Å². The lowest BCUT2D eigenvalue weighted by molar-refractivity contribution is -0.130. The second kappa shape index (κ2) is 6.09. The highest BCUT2D eigenvalue weighted by molar-refractivity contribution is 7.11. The van der Waals surface area contributed by atoms with Crippen LogP contribution in [0.1, 0.15) is 22.4 Å². The minimum Gasteiger partial charge on any atom is -0.340 e. The van der Waals surface area contributed by atoms with E-state index in [4.69, 9.17) is 5.84 Å². The van der Waals surface area contributed by atoms with Crippen LogP contribution in [-0.2, 0) is 11.3 Å². The molecule has 1 aliphatic rings. The van der Waals surface area contributed by atoms with Crippen molar-refractivity contribution in [2.75, 3.05) is 26.2 Å². The Morgan fingerprint density at radius 3 is 2.68 bits per heavy atom. The van der Waals surface area contributed by atoms with Gasteiger partial charge in [-0.2, -0.15) is 0 Å². The highest BCUT2D eigenvalue weighted by Crippen LogP contribution is 2.13. The highest BCUT2D eigenvalue weighted by atomic mass is 32.1. The molecule has 1 saturated heterocycles. The van der Waals surface area contributed by atoms with Crippen molar-refractivity contribution in [2.24, 2.45) is 5.84 Å². The maximum absolute atomic E-state index is 11.3. The molecule has 3 N–H and O–H groups in total. The normalized spacial score (nSPS) is 16.4. The molecule has 2 rings (SSSR count). The molecular formula is C11H17N5O2S. The molecule has 104 valence electrons. The maximum atomic E-state index is 11.3. The SMILES string of the molecule is CC(=O)N1CCN(Cc2csc(C(=O)NN)n2)CC1. The molecule has 1 fully saturated rings. The van der Waals surface area contributed by atoms with Crippen molar-refractivity contribution >= 4 is 23.2 Å². The molecule has 8 heteroatoms. The van der Waals surface area contributed by atoms with E-state index in [0.29, 0.717) is 11.6 Å². The van der Waals surface area contributed by atoms with Crippen LogP contribution in [-0.4, -0.2) is 52.8 Å². The number of nitrogens with zero attached hydrogens (tertiary/aromatic N) is 3. The van der Waals surface area contributed by atoms with Crippen LogP contribution in [0.15, 0.2) is 5.38 Å². The van der Waals surface area contributed by atoms with E-state index in [1.807, 2.05) is 10.3 Å². The van der Waals surface area contributed by atoms with Gasteiger partial charge in [0.2, 0.25) is 5.91 Å². The molecule has 0 atom stereocenters. The Labute approximate surface area is 115 Å². The predicted molar refractivity (Wildman–Crippen MR) is 71.3 cm³/mol. The number of carbonyl (C=O) groups excluding carboxylic acids is 2. The van der Waals surface area contributed by atoms with Crippen molar-refractivity contribution in [1.29, 1.82) is 0 Å². The van der Waals surface area contributed by atoms with Gasteiger partial charge in [0.25, 0.3) is 5.91 Å². The molecule has 0 spiro atoms. The van der Waals surface area contributed by atoms with Crippen LogP contribution in [0, 0.1) is 0 Å². The third kappa shape index (κ3) is 3.49. The summed E-state index contributed by atoms with van der Waals surface area (Å²) in [7, 11) is 0. The summed E-state index contributed by atoms with van der Waals surface area (Å²) >= 11 is 1.28. The van der Waals surface area contributed by atoms with Gasteiger partial charge in [-0.1, -0.05) is 0 Å². The van der Waals surface area contributed by atoms with Gasteiger partial charge < -0.3 is 4.90 Å². The molecule has 1 aromatic rings. The first kappa shape index (κ1) is 13.9. The number of nitrogens with one attached hydrogen (secondary N) is 1. The molecule has 0 aliphatic carbocycles. The maximum Gasteiger partial charge on any atom is 0.294 e. The van der Waals surface area contributed by atoms with E-state index >= 15 is 0 Å². The zero-order chi connectivity index (χ0) is 13.8. The van der Waals surface area contributed by atoms with Gasteiger partial charge in [0.1, 0.15) is 0 Å². The largest absolute Gasteiger partial charge is 0.340 e. The van der Waals surface area contributed by atoms with Crippen LogP contribution in [0.3, 0.4) is 0 Å². The van der Waals surface area contributed by atoms with Gasteiger partial charge in [-0.05, 0) is 0 Å². The van der Waals surface area contributed by atoms with Crippen LogP contribution in [0.5, 0.6) is 0 Å². The second-order valence-electron chi connectivity index (χ2n) is 4.40. The Bertz CT molecular complexity index is 467. The lowest BCUT2D eigenvalue weighted by atomic mass is 10.3. The number of hydrogen-bond acceptors (Lipinski definition) is 6. The Kier molecular flexibility index (Phi) is 4.46. The topological polar surface area (TPSA) is 91.6 Å². The number of hydrazine groups is 1. The van der Waals surface area contributed by atoms with Crippen molar-refractivity contribution in [2.45, 2.75) is 13.5 Å². The molecule has 7 nitrogen and oxygen atoms in total. The van der Waals surface area contributed by atoms with E-state index in [1.54, 1.807) is 6.92 Å². The third-order valence-corrected chi connectivity index (χ3v) is 3.97. The summed E-state index contributed by atoms with van der Waals surface area (Å²) < 4.78 is 0. The molecule has 1 aromatic heterocycles. The number of hydrogen-bond donors (Lipinski definition) is 2. The lowest BCUT2D eigenvalue weighted by Gasteiger charge is -2.33. The summed E-state index contributed by atoms with van der Waals surface area (Å²) in [6, 6.07) is 0. The lowest BCUT2D eigenvalue weighted by Crippen LogP contribution is -2.47.